The maximum atomic E-state index is 8.06. The van der Waals surface area contributed by atoms with Crippen LogP contribution in [0.25, 0.3) is 0 Å². The summed E-state index contributed by atoms with van der Waals surface area (Å²) >= 11 is 0. The third kappa shape index (κ3) is 7.05. The Balaban J connectivity index is 0.000000261. The first kappa shape index (κ1) is 10.9. The van der Waals surface area contributed by atoms with Crippen molar-refractivity contribution in [3.63, 3.8) is 0 Å². The second kappa shape index (κ2) is 6.64. The van der Waals surface area contributed by atoms with Crippen molar-refractivity contribution < 1.29 is 5.11 Å². The van der Waals surface area contributed by atoms with Crippen molar-refractivity contribution in [2.75, 3.05) is 5.43 Å². The van der Waals surface area contributed by atoms with Crippen molar-refractivity contribution in [3.8, 4) is 0 Å². The van der Waals surface area contributed by atoms with Crippen molar-refractivity contribution >= 4 is 5.69 Å². The monoisotopic (exact) mass is 168 g/mol. The summed E-state index contributed by atoms with van der Waals surface area (Å²) in [6.45, 7) is 3.44. The van der Waals surface area contributed by atoms with Gasteiger partial charge in [0.05, 0.1) is 0 Å². The minimum Gasteiger partial charge on any atom is -0.394 e. The molecule has 0 fully saturated rings. The zero-order valence-electron chi connectivity index (χ0n) is 7.49. The molecule has 1 aromatic rings. The quantitative estimate of drug-likeness (QED) is 0.438. The number of nitrogens with two attached hydrogens (primary N) is 1. The van der Waals surface area contributed by atoms with E-state index < -0.39 is 0 Å². The largest absolute Gasteiger partial charge is 0.394 e. The van der Waals surface area contributed by atoms with E-state index in [9.17, 15) is 0 Å². The van der Waals surface area contributed by atoms with Crippen LogP contribution in [0.5, 0.6) is 0 Å². The highest BCUT2D eigenvalue weighted by Gasteiger charge is 1.78. The number of aliphatic hydroxyl groups is 1. The third-order valence-electron chi connectivity index (χ3n) is 0.940. The lowest BCUT2D eigenvalue weighted by Gasteiger charge is -1.94. The summed E-state index contributed by atoms with van der Waals surface area (Å²) < 4.78 is 0. The molecule has 0 atom stereocenters. The van der Waals surface area contributed by atoms with Gasteiger partial charge in [0, 0.05) is 11.8 Å². The number of nitrogen functional groups attached to an aromatic ring is 1. The van der Waals surface area contributed by atoms with Crippen LogP contribution in [0.3, 0.4) is 0 Å². The molecule has 4 N–H and O–H groups in total. The van der Waals surface area contributed by atoms with Crippen LogP contribution in [-0.4, -0.2) is 11.2 Å². The fraction of sp³-hybridized carbons (Fsp3) is 0.333. The number of hydrogen-bond acceptors (Lipinski definition) is 3. The van der Waals surface area contributed by atoms with Gasteiger partial charge in [0.2, 0.25) is 0 Å². The SMILES string of the molecule is CC(C)O.NNc1ccccc1. The number of aliphatic hydroxyl groups excluding tert-OH is 1. The smallest absolute Gasteiger partial charge is 0.0485 e. The van der Waals surface area contributed by atoms with E-state index in [0.717, 1.165) is 5.69 Å². The fourth-order valence-electron chi connectivity index (χ4n) is 0.534. The number of anilines is 1. The van der Waals surface area contributed by atoms with Gasteiger partial charge in [-0.1, -0.05) is 18.2 Å². The van der Waals surface area contributed by atoms with E-state index in [1.165, 1.54) is 0 Å². The lowest BCUT2D eigenvalue weighted by molar-refractivity contribution is 0.216. The summed E-state index contributed by atoms with van der Waals surface area (Å²) in [6, 6.07) is 9.60. The molecule has 1 aromatic carbocycles. The molecule has 0 unspecified atom stereocenters. The van der Waals surface area contributed by atoms with E-state index in [1.807, 2.05) is 30.3 Å². The molecule has 0 spiro atoms. The van der Waals surface area contributed by atoms with Crippen LogP contribution in [0.15, 0.2) is 30.3 Å². The Morgan fingerprint density at radius 3 is 1.92 bits per heavy atom. The van der Waals surface area contributed by atoms with Crippen LogP contribution in [0.1, 0.15) is 13.8 Å². The molecule has 0 aliphatic rings. The highest BCUT2D eigenvalue weighted by molar-refractivity contribution is 5.40. The second-order valence-corrected chi connectivity index (χ2v) is 2.60. The van der Waals surface area contributed by atoms with Gasteiger partial charge in [-0.2, -0.15) is 0 Å². The van der Waals surface area contributed by atoms with Crippen LogP contribution >= 0.6 is 0 Å². The number of para-hydroxylation sites is 1. The Morgan fingerprint density at radius 2 is 1.67 bits per heavy atom. The van der Waals surface area contributed by atoms with Crippen LogP contribution < -0.4 is 11.3 Å². The highest BCUT2D eigenvalue weighted by Crippen LogP contribution is 2.00. The lowest BCUT2D eigenvalue weighted by atomic mass is 10.3. The average molecular weight is 168 g/mol. The van der Waals surface area contributed by atoms with Gasteiger partial charge in [0.1, 0.15) is 0 Å². The van der Waals surface area contributed by atoms with Crippen molar-refractivity contribution in [1.82, 2.24) is 0 Å². The Morgan fingerprint density at radius 1 is 1.25 bits per heavy atom. The number of hydrazine groups is 1. The summed E-state index contributed by atoms with van der Waals surface area (Å²) in [5, 5.41) is 8.06. The number of hydrogen-bond donors (Lipinski definition) is 3. The zero-order chi connectivity index (χ0) is 9.40. The van der Waals surface area contributed by atoms with Crippen molar-refractivity contribution in [3.05, 3.63) is 30.3 Å². The standard InChI is InChI=1S/C6H8N2.C3H8O/c7-8-6-4-2-1-3-5-6;1-3(2)4/h1-5,8H,7H2;3-4H,1-2H3. The van der Waals surface area contributed by atoms with Crippen molar-refractivity contribution in [2.24, 2.45) is 5.84 Å². The summed E-state index contributed by atoms with van der Waals surface area (Å²) in [5.41, 5.74) is 3.46. The number of benzene rings is 1. The van der Waals surface area contributed by atoms with Crippen LogP contribution in [0.2, 0.25) is 0 Å². The number of rotatable bonds is 1. The molecule has 3 nitrogen and oxygen atoms in total. The molecule has 3 heteroatoms. The van der Waals surface area contributed by atoms with Gasteiger partial charge in [0.25, 0.3) is 0 Å². The molecule has 0 amide bonds. The van der Waals surface area contributed by atoms with E-state index in [1.54, 1.807) is 13.8 Å². The molecule has 0 saturated carbocycles. The number of nitrogens with one attached hydrogen (secondary N) is 1. The molecule has 0 radical (unpaired) electrons. The minimum absolute atomic E-state index is 0.167. The Labute approximate surface area is 73.2 Å². The Kier molecular flexibility index (Phi) is 6.05. The second-order valence-electron chi connectivity index (χ2n) is 2.60. The van der Waals surface area contributed by atoms with Crippen LogP contribution in [0.4, 0.5) is 5.69 Å². The van der Waals surface area contributed by atoms with E-state index in [2.05, 4.69) is 5.43 Å². The van der Waals surface area contributed by atoms with Gasteiger partial charge in [-0.3, -0.25) is 5.84 Å². The van der Waals surface area contributed by atoms with Gasteiger partial charge in [-0.05, 0) is 26.0 Å². The lowest BCUT2D eigenvalue weighted by Crippen LogP contribution is -2.05. The predicted molar refractivity (Wildman–Crippen MR) is 51.6 cm³/mol. The van der Waals surface area contributed by atoms with Gasteiger partial charge in [-0.15, -0.1) is 0 Å². The topological polar surface area (TPSA) is 58.3 Å². The first-order valence-electron chi connectivity index (χ1n) is 3.86. The predicted octanol–water partition coefficient (Wildman–Crippen LogP) is 1.36. The summed E-state index contributed by atoms with van der Waals surface area (Å²) in [6.07, 6.45) is -0.167. The van der Waals surface area contributed by atoms with Crippen molar-refractivity contribution in [1.29, 1.82) is 0 Å². The van der Waals surface area contributed by atoms with Gasteiger partial charge in [-0.25, -0.2) is 0 Å². The molecule has 0 saturated heterocycles. The average Bonchev–Trinajstić information content (AvgIpc) is 2.05. The molecular formula is C9H16N2O. The first-order chi connectivity index (χ1) is 5.66. The zero-order valence-corrected chi connectivity index (χ0v) is 7.49. The van der Waals surface area contributed by atoms with E-state index in [0.29, 0.717) is 0 Å². The van der Waals surface area contributed by atoms with E-state index >= 15 is 0 Å². The minimum atomic E-state index is -0.167. The fourth-order valence-corrected chi connectivity index (χ4v) is 0.534. The Hall–Kier alpha value is -1.06. The summed E-state index contributed by atoms with van der Waals surface area (Å²) in [7, 11) is 0. The highest BCUT2D eigenvalue weighted by atomic mass is 16.3. The van der Waals surface area contributed by atoms with Gasteiger partial charge < -0.3 is 10.5 Å². The van der Waals surface area contributed by atoms with Crippen LogP contribution in [0, 0.1) is 0 Å². The molecule has 0 heterocycles. The van der Waals surface area contributed by atoms with E-state index in [4.69, 9.17) is 10.9 Å². The normalized spacial score (nSPS) is 8.75. The summed E-state index contributed by atoms with van der Waals surface area (Å²) in [4.78, 5) is 0. The molecule has 68 valence electrons. The third-order valence-corrected chi connectivity index (χ3v) is 0.940. The van der Waals surface area contributed by atoms with Crippen molar-refractivity contribution in [2.45, 2.75) is 20.0 Å². The maximum absolute atomic E-state index is 8.06. The molecule has 0 aromatic heterocycles. The Bertz CT molecular complexity index is 184. The van der Waals surface area contributed by atoms with Gasteiger partial charge >= 0.3 is 0 Å². The van der Waals surface area contributed by atoms with E-state index in [-0.39, 0.29) is 6.10 Å². The molecule has 0 aliphatic heterocycles. The maximum Gasteiger partial charge on any atom is 0.0485 e. The van der Waals surface area contributed by atoms with Gasteiger partial charge in [0.15, 0.2) is 0 Å². The molecule has 0 bridgehead atoms. The first-order valence-corrected chi connectivity index (χ1v) is 3.86. The molecule has 12 heavy (non-hydrogen) atoms. The molecular weight excluding hydrogens is 152 g/mol. The molecule has 0 aliphatic carbocycles. The molecule has 1 rings (SSSR count). The van der Waals surface area contributed by atoms with Crippen LogP contribution in [-0.2, 0) is 0 Å². The summed E-state index contributed by atoms with van der Waals surface area (Å²) in [5.74, 6) is 5.10.